The van der Waals surface area contributed by atoms with E-state index in [1.54, 1.807) is 0 Å². The minimum Gasteiger partial charge on any atom is -0.460 e. The lowest BCUT2D eigenvalue weighted by atomic mass is 9.97. The number of aliphatic hydroxyl groups excluding tert-OH is 1. The minimum absolute atomic E-state index is 0.0271. The van der Waals surface area contributed by atoms with Crippen LogP contribution in [0, 0.1) is 5.92 Å². The molecule has 0 aromatic rings. The molecule has 3 nitrogen and oxygen atoms in total. The molecule has 0 bridgehead atoms. The first kappa shape index (κ1) is 19.5. The third-order valence-corrected chi connectivity index (χ3v) is 4.77. The maximum atomic E-state index is 11.5. The van der Waals surface area contributed by atoms with Gasteiger partial charge in [-0.25, -0.2) is 0 Å². The molecule has 3 heteroatoms. The number of unbranched alkanes of at least 4 members (excludes halogenated alkanes) is 11. The zero-order valence-corrected chi connectivity index (χ0v) is 14.5. The minimum atomic E-state index is -0.241. The fourth-order valence-corrected chi connectivity index (χ4v) is 3.30. The van der Waals surface area contributed by atoms with Crippen LogP contribution in [-0.2, 0) is 9.53 Å². The second kappa shape index (κ2) is 12.9. The largest absolute Gasteiger partial charge is 0.460 e. The van der Waals surface area contributed by atoms with E-state index in [4.69, 9.17) is 9.84 Å². The summed E-state index contributed by atoms with van der Waals surface area (Å²) >= 11 is 0. The third-order valence-electron chi connectivity index (χ3n) is 4.77. The molecule has 1 saturated heterocycles. The molecule has 1 fully saturated rings. The summed E-state index contributed by atoms with van der Waals surface area (Å²) in [5.74, 6) is -0.0533. The van der Waals surface area contributed by atoms with Gasteiger partial charge in [0, 0.05) is 0 Å². The van der Waals surface area contributed by atoms with Crippen LogP contribution in [0.1, 0.15) is 96.8 Å². The lowest BCUT2D eigenvalue weighted by molar-refractivity contribution is -0.145. The summed E-state index contributed by atoms with van der Waals surface area (Å²) < 4.78 is 5.09. The van der Waals surface area contributed by atoms with Gasteiger partial charge >= 0.3 is 5.97 Å². The van der Waals surface area contributed by atoms with E-state index in [0.29, 0.717) is 6.42 Å². The Morgan fingerprint density at radius 3 is 1.86 bits per heavy atom. The van der Waals surface area contributed by atoms with Crippen LogP contribution in [-0.4, -0.2) is 23.8 Å². The van der Waals surface area contributed by atoms with Crippen LogP contribution in [0.25, 0.3) is 0 Å². The van der Waals surface area contributed by atoms with Crippen molar-refractivity contribution in [2.24, 2.45) is 5.92 Å². The first-order valence-electron chi connectivity index (χ1n) is 9.59. The summed E-state index contributed by atoms with van der Waals surface area (Å²) in [6.45, 7) is 2.24. The van der Waals surface area contributed by atoms with Crippen LogP contribution < -0.4 is 0 Å². The summed E-state index contributed by atoms with van der Waals surface area (Å²) in [5, 5.41) is 9.00. The molecule has 0 unspecified atom stereocenters. The number of rotatable bonds is 14. The fraction of sp³-hybridized carbons (Fsp3) is 0.947. The molecular weight excluding hydrogens is 276 g/mol. The Balaban J connectivity index is 1.81. The van der Waals surface area contributed by atoms with E-state index in [-0.39, 0.29) is 24.6 Å². The zero-order valence-electron chi connectivity index (χ0n) is 14.5. The molecule has 0 aliphatic carbocycles. The van der Waals surface area contributed by atoms with Gasteiger partial charge in [0.05, 0.1) is 12.5 Å². The summed E-state index contributed by atoms with van der Waals surface area (Å²) in [7, 11) is 0. The molecular formula is C19H36O3. The first-order valence-corrected chi connectivity index (χ1v) is 9.59. The molecule has 0 aromatic carbocycles. The van der Waals surface area contributed by atoms with Gasteiger partial charge in [0.15, 0.2) is 0 Å². The predicted molar refractivity (Wildman–Crippen MR) is 90.8 cm³/mol. The molecule has 1 rings (SSSR count). The molecule has 0 spiro atoms. The Morgan fingerprint density at radius 2 is 1.41 bits per heavy atom. The van der Waals surface area contributed by atoms with Crippen LogP contribution in [0.5, 0.6) is 0 Å². The number of carbonyl (C=O) groups is 1. The molecule has 1 aliphatic heterocycles. The number of carbonyl (C=O) groups excluding carboxylic acids is 1. The van der Waals surface area contributed by atoms with Gasteiger partial charge in [0.2, 0.25) is 0 Å². The van der Waals surface area contributed by atoms with Crippen LogP contribution in [0.2, 0.25) is 0 Å². The summed E-state index contributed by atoms with van der Waals surface area (Å²) in [4.78, 5) is 11.5. The Morgan fingerprint density at radius 1 is 0.909 bits per heavy atom. The van der Waals surface area contributed by atoms with Gasteiger partial charge in [-0.05, 0) is 12.8 Å². The molecule has 130 valence electrons. The van der Waals surface area contributed by atoms with Gasteiger partial charge in [-0.15, -0.1) is 0 Å². The van der Waals surface area contributed by atoms with E-state index in [2.05, 4.69) is 6.92 Å². The van der Waals surface area contributed by atoms with Gasteiger partial charge in [-0.2, -0.15) is 0 Å². The van der Waals surface area contributed by atoms with Gasteiger partial charge in [-0.3, -0.25) is 4.79 Å². The number of hydrogen-bond donors (Lipinski definition) is 1. The van der Waals surface area contributed by atoms with Crippen molar-refractivity contribution in [2.45, 2.75) is 103 Å². The lowest BCUT2D eigenvalue weighted by Crippen LogP contribution is -2.10. The van der Waals surface area contributed by atoms with Crippen molar-refractivity contribution in [3.05, 3.63) is 0 Å². The molecule has 2 atom stereocenters. The number of ether oxygens (including phenoxy) is 1. The van der Waals surface area contributed by atoms with Crippen molar-refractivity contribution in [2.75, 3.05) is 6.61 Å². The number of esters is 1. The monoisotopic (exact) mass is 312 g/mol. The highest BCUT2D eigenvalue weighted by molar-refractivity contribution is 5.74. The van der Waals surface area contributed by atoms with Crippen LogP contribution >= 0.6 is 0 Å². The fourth-order valence-electron chi connectivity index (χ4n) is 3.30. The van der Waals surface area contributed by atoms with Crippen molar-refractivity contribution in [3.8, 4) is 0 Å². The molecule has 0 radical (unpaired) electrons. The highest BCUT2D eigenvalue weighted by Gasteiger charge is 2.33. The standard InChI is InChI=1S/C19H36O3/c1-2-3-4-5-6-7-8-9-10-11-12-13-14-17-15-18(16-20)22-19(17)21/h17-18,20H,2-16H2,1H3/t17-,18-/m0/s1. The van der Waals surface area contributed by atoms with Crippen molar-refractivity contribution < 1.29 is 14.6 Å². The van der Waals surface area contributed by atoms with E-state index >= 15 is 0 Å². The summed E-state index contributed by atoms with van der Waals surface area (Å²) in [5.41, 5.74) is 0. The number of hydrogen-bond acceptors (Lipinski definition) is 3. The average molecular weight is 312 g/mol. The zero-order chi connectivity index (χ0) is 16.0. The van der Waals surface area contributed by atoms with Gasteiger partial charge in [0.1, 0.15) is 6.10 Å². The van der Waals surface area contributed by atoms with Crippen LogP contribution in [0.4, 0.5) is 0 Å². The van der Waals surface area contributed by atoms with Gasteiger partial charge < -0.3 is 9.84 Å². The maximum absolute atomic E-state index is 11.5. The van der Waals surface area contributed by atoms with Crippen molar-refractivity contribution in [1.29, 1.82) is 0 Å². The molecule has 22 heavy (non-hydrogen) atoms. The topological polar surface area (TPSA) is 46.5 Å². The molecule has 1 heterocycles. The molecule has 0 saturated carbocycles. The maximum Gasteiger partial charge on any atom is 0.309 e. The van der Waals surface area contributed by atoms with E-state index in [1.165, 1.54) is 70.6 Å². The van der Waals surface area contributed by atoms with Crippen LogP contribution in [0.3, 0.4) is 0 Å². The summed E-state index contributed by atoms with van der Waals surface area (Å²) in [6, 6.07) is 0. The van der Waals surface area contributed by atoms with Crippen molar-refractivity contribution in [3.63, 3.8) is 0 Å². The SMILES string of the molecule is CCCCCCCCCCCCCC[C@H]1C[C@@H](CO)OC1=O. The highest BCUT2D eigenvalue weighted by Crippen LogP contribution is 2.26. The highest BCUT2D eigenvalue weighted by atomic mass is 16.6. The third kappa shape index (κ3) is 8.77. The average Bonchev–Trinajstić information content (AvgIpc) is 2.89. The number of cyclic esters (lactones) is 1. The second-order valence-electron chi connectivity index (χ2n) is 6.85. The normalized spacial score (nSPS) is 21.3. The summed E-state index contributed by atoms with van der Waals surface area (Å²) in [6.07, 6.45) is 17.5. The molecule has 0 aromatic heterocycles. The van der Waals surface area contributed by atoms with Gasteiger partial charge in [-0.1, -0.05) is 84.0 Å². The van der Waals surface area contributed by atoms with Crippen molar-refractivity contribution >= 4 is 5.97 Å². The van der Waals surface area contributed by atoms with E-state index in [0.717, 1.165) is 12.8 Å². The van der Waals surface area contributed by atoms with Crippen LogP contribution in [0.15, 0.2) is 0 Å². The van der Waals surface area contributed by atoms with E-state index < -0.39 is 0 Å². The second-order valence-corrected chi connectivity index (χ2v) is 6.85. The lowest BCUT2D eigenvalue weighted by Gasteiger charge is -2.05. The molecule has 1 N–H and O–H groups in total. The van der Waals surface area contributed by atoms with E-state index in [9.17, 15) is 4.79 Å². The van der Waals surface area contributed by atoms with E-state index in [1.807, 2.05) is 0 Å². The Hall–Kier alpha value is -0.570. The van der Waals surface area contributed by atoms with Crippen molar-refractivity contribution in [1.82, 2.24) is 0 Å². The molecule has 0 amide bonds. The number of aliphatic hydroxyl groups is 1. The first-order chi connectivity index (χ1) is 10.8. The molecule has 1 aliphatic rings. The quantitative estimate of drug-likeness (QED) is 0.362. The Kier molecular flexibility index (Phi) is 11.4. The van der Waals surface area contributed by atoms with Gasteiger partial charge in [0.25, 0.3) is 0 Å². The Bertz CT molecular complexity index is 278. The Labute approximate surface area is 136 Å². The predicted octanol–water partition coefficient (Wildman–Crippen LogP) is 5.00. The smallest absolute Gasteiger partial charge is 0.309 e.